The van der Waals surface area contributed by atoms with E-state index in [1.54, 1.807) is 0 Å². The predicted molar refractivity (Wildman–Crippen MR) is 76.7 cm³/mol. The molecule has 0 aromatic carbocycles. The van der Waals surface area contributed by atoms with E-state index in [1.165, 1.54) is 19.1 Å². The molecule has 4 nitrogen and oxygen atoms in total. The van der Waals surface area contributed by atoms with E-state index >= 15 is 0 Å². The number of hydrogen-bond donors (Lipinski definition) is 1. The van der Waals surface area contributed by atoms with Crippen LogP contribution in [0, 0.1) is 0 Å². The van der Waals surface area contributed by atoms with Crippen molar-refractivity contribution in [1.82, 2.24) is 10.2 Å². The van der Waals surface area contributed by atoms with E-state index in [4.69, 9.17) is 0 Å². The zero-order chi connectivity index (χ0) is 13.8. The number of nitrogens with zero attached hydrogens (tertiary/aromatic N) is 1. The van der Waals surface area contributed by atoms with Gasteiger partial charge in [-0.2, -0.15) is 0 Å². The highest BCUT2D eigenvalue weighted by molar-refractivity contribution is 7.90. The van der Waals surface area contributed by atoms with Crippen molar-refractivity contribution in [3.63, 3.8) is 0 Å². The van der Waals surface area contributed by atoms with Gasteiger partial charge in [-0.25, -0.2) is 8.42 Å². The first-order chi connectivity index (χ1) is 8.17. The van der Waals surface area contributed by atoms with Crippen LogP contribution in [-0.4, -0.2) is 56.5 Å². The highest BCUT2D eigenvalue weighted by atomic mass is 32.2. The molecule has 5 heteroatoms. The summed E-state index contributed by atoms with van der Waals surface area (Å²) < 4.78 is 22.2. The van der Waals surface area contributed by atoms with E-state index in [2.05, 4.69) is 31.0 Å². The largest absolute Gasteiger partial charge is 0.311 e. The Morgan fingerprint density at radius 3 is 2.56 bits per heavy atom. The third-order valence-corrected chi connectivity index (χ3v) is 4.36. The molecular formula is C13H28N2O2S. The van der Waals surface area contributed by atoms with Crippen molar-refractivity contribution in [1.29, 1.82) is 0 Å². The summed E-state index contributed by atoms with van der Waals surface area (Å²) in [5.74, 6) is 0.308. The Kier molecular flexibility index (Phi) is 5.62. The fourth-order valence-electron chi connectivity index (χ4n) is 2.37. The van der Waals surface area contributed by atoms with E-state index in [1.807, 2.05) is 0 Å². The van der Waals surface area contributed by atoms with E-state index in [0.29, 0.717) is 11.8 Å². The zero-order valence-corrected chi connectivity index (χ0v) is 13.0. The van der Waals surface area contributed by atoms with Gasteiger partial charge in [0.25, 0.3) is 0 Å². The van der Waals surface area contributed by atoms with Crippen LogP contribution in [0.15, 0.2) is 0 Å². The van der Waals surface area contributed by atoms with Crippen LogP contribution >= 0.6 is 0 Å². The number of sulfone groups is 1. The van der Waals surface area contributed by atoms with Crippen molar-refractivity contribution in [2.45, 2.75) is 51.6 Å². The van der Waals surface area contributed by atoms with Gasteiger partial charge in [0, 0.05) is 24.4 Å². The second-order valence-electron chi connectivity index (χ2n) is 6.45. The topological polar surface area (TPSA) is 49.4 Å². The zero-order valence-electron chi connectivity index (χ0n) is 12.2. The van der Waals surface area contributed by atoms with E-state index < -0.39 is 9.84 Å². The number of likely N-dealkylation sites (tertiary alicyclic amines) is 1. The van der Waals surface area contributed by atoms with E-state index in [0.717, 1.165) is 26.1 Å². The molecule has 0 amide bonds. The molecule has 108 valence electrons. The van der Waals surface area contributed by atoms with Crippen molar-refractivity contribution in [2.75, 3.05) is 31.6 Å². The molecule has 1 aliphatic rings. The molecule has 1 unspecified atom stereocenters. The summed E-state index contributed by atoms with van der Waals surface area (Å²) in [6, 6.07) is 0.573. The van der Waals surface area contributed by atoms with Gasteiger partial charge < -0.3 is 5.32 Å². The lowest BCUT2D eigenvalue weighted by molar-refractivity contribution is 0.234. The van der Waals surface area contributed by atoms with Crippen molar-refractivity contribution < 1.29 is 8.42 Å². The maximum absolute atomic E-state index is 11.1. The monoisotopic (exact) mass is 276 g/mol. The van der Waals surface area contributed by atoms with Gasteiger partial charge in [0.2, 0.25) is 0 Å². The molecule has 1 fully saturated rings. The molecule has 18 heavy (non-hydrogen) atoms. The van der Waals surface area contributed by atoms with Gasteiger partial charge in [-0.05, 0) is 53.1 Å². The third-order valence-electron chi connectivity index (χ3n) is 3.33. The van der Waals surface area contributed by atoms with Gasteiger partial charge in [0.05, 0.1) is 5.75 Å². The van der Waals surface area contributed by atoms with Crippen LogP contribution in [-0.2, 0) is 9.84 Å². The average Bonchev–Trinajstić information content (AvgIpc) is 2.59. The van der Waals surface area contributed by atoms with E-state index in [-0.39, 0.29) is 5.54 Å². The van der Waals surface area contributed by atoms with Crippen LogP contribution < -0.4 is 5.32 Å². The molecule has 0 radical (unpaired) electrons. The van der Waals surface area contributed by atoms with Crippen molar-refractivity contribution in [3.8, 4) is 0 Å². The lowest BCUT2D eigenvalue weighted by atomic mass is 10.1. The van der Waals surface area contributed by atoms with Gasteiger partial charge in [-0.15, -0.1) is 0 Å². The molecule has 0 saturated carbocycles. The van der Waals surface area contributed by atoms with Gasteiger partial charge in [-0.3, -0.25) is 4.90 Å². The Balaban J connectivity index is 2.31. The molecule has 1 saturated heterocycles. The molecule has 1 N–H and O–H groups in total. The quantitative estimate of drug-likeness (QED) is 0.794. The molecule has 1 heterocycles. The molecule has 1 aliphatic heterocycles. The minimum Gasteiger partial charge on any atom is -0.311 e. The first-order valence-electron chi connectivity index (χ1n) is 6.84. The Morgan fingerprint density at radius 2 is 2.00 bits per heavy atom. The third kappa shape index (κ3) is 6.71. The predicted octanol–water partition coefficient (Wildman–Crippen LogP) is 1.27. The summed E-state index contributed by atoms with van der Waals surface area (Å²) in [5.41, 5.74) is 0.154. The Morgan fingerprint density at radius 1 is 1.33 bits per heavy atom. The highest BCUT2D eigenvalue weighted by Crippen LogP contribution is 2.17. The first kappa shape index (κ1) is 15.9. The van der Waals surface area contributed by atoms with Crippen molar-refractivity contribution in [2.24, 2.45) is 0 Å². The average molecular weight is 276 g/mol. The smallest absolute Gasteiger partial charge is 0.147 e. The minimum absolute atomic E-state index is 0.154. The molecule has 0 aromatic heterocycles. The second kappa shape index (κ2) is 6.35. The molecule has 0 aromatic rings. The Hall–Kier alpha value is -0.130. The lowest BCUT2D eigenvalue weighted by Crippen LogP contribution is -2.45. The lowest BCUT2D eigenvalue weighted by Gasteiger charge is -2.29. The molecular weight excluding hydrogens is 248 g/mol. The van der Waals surface area contributed by atoms with Crippen LogP contribution in [0.25, 0.3) is 0 Å². The summed E-state index contributed by atoms with van der Waals surface area (Å²) in [6.07, 6.45) is 4.53. The fraction of sp³-hybridized carbons (Fsp3) is 1.00. The van der Waals surface area contributed by atoms with Crippen LogP contribution in [0.3, 0.4) is 0 Å². The van der Waals surface area contributed by atoms with Crippen LogP contribution in [0.2, 0.25) is 0 Å². The van der Waals surface area contributed by atoms with Crippen molar-refractivity contribution in [3.05, 3.63) is 0 Å². The molecule has 0 aliphatic carbocycles. The molecule has 1 atom stereocenters. The number of nitrogens with one attached hydrogen (secondary N) is 1. The van der Waals surface area contributed by atoms with Gasteiger partial charge in [0.1, 0.15) is 9.84 Å². The number of hydrogen-bond acceptors (Lipinski definition) is 4. The summed E-state index contributed by atoms with van der Waals surface area (Å²) in [5, 5.41) is 3.54. The molecule has 0 bridgehead atoms. The second-order valence-corrected chi connectivity index (χ2v) is 8.71. The summed E-state index contributed by atoms with van der Waals surface area (Å²) in [6.45, 7) is 9.55. The first-order valence-corrected chi connectivity index (χ1v) is 8.90. The van der Waals surface area contributed by atoms with Crippen molar-refractivity contribution >= 4 is 9.84 Å². The minimum atomic E-state index is -2.81. The van der Waals surface area contributed by atoms with Gasteiger partial charge in [-0.1, -0.05) is 0 Å². The summed E-state index contributed by atoms with van der Waals surface area (Å²) in [4.78, 5) is 2.43. The molecule has 0 spiro atoms. The van der Waals surface area contributed by atoms with Gasteiger partial charge in [0.15, 0.2) is 0 Å². The Labute approximate surface area is 112 Å². The fourth-order valence-corrected chi connectivity index (χ4v) is 3.03. The molecule has 1 rings (SSSR count). The maximum Gasteiger partial charge on any atom is 0.147 e. The normalized spacial score (nSPS) is 22.6. The Bertz CT molecular complexity index is 346. The van der Waals surface area contributed by atoms with Gasteiger partial charge >= 0.3 is 0 Å². The highest BCUT2D eigenvalue weighted by Gasteiger charge is 2.25. The SMILES string of the molecule is CC(C)(C)NCC1CCCN1CCCS(C)(=O)=O. The van der Waals surface area contributed by atoms with Crippen LogP contribution in [0.4, 0.5) is 0 Å². The number of rotatable bonds is 6. The summed E-state index contributed by atoms with van der Waals surface area (Å²) >= 11 is 0. The summed E-state index contributed by atoms with van der Waals surface area (Å²) in [7, 11) is -2.81. The maximum atomic E-state index is 11.1. The van der Waals surface area contributed by atoms with Crippen LogP contribution in [0.1, 0.15) is 40.0 Å². The standard InChI is InChI=1S/C13H28N2O2S/c1-13(2,3)14-11-12-7-5-8-15(12)9-6-10-18(4,16)17/h12,14H,5-11H2,1-4H3. The van der Waals surface area contributed by atoms with Crippen LogP contribution in [0.5, 0.6) is 0 Å². The van der Waals surface area contributed by atoms with E-state index in [9.17, 15) is 8.42 Å².